The number of fused-ring (bicyclic) bond motifs is 1. The molecule has 10 heteroatoms. The minimum atomic E-state index is -3.29. The molecule has 0 bridgehead atoms. The van der Waals surface area contributed by atoms with Crippen LogP contribution < -0.4 is 15.7 Å². The largest absolute Gasteiger partial charge is 0.368 e. The van der Waals surface area contributed by atoms with Gasteiger partial charge in [-0.15, -0.1) is 0 Å². The molecule has 0 aliphatic heterocycles. The summed E-state index contributed by atoms with van der Waals surface area (Å²) in [5.41, 5.74) is -0.605. The van der Waals surface area contributed by atoms with Crippen LogP contribution in [0.25, 0.3) is 5.65 Å². The highest BCUT2D eigenvalue weighted by atomic mass is 32.2. The second-order valence-corrected chi connectivity index (χ2v) is 6.89. The van der Waals surface area contributed by atoms with Crippen LogP contribution in [-0.4, -0.2) is 46.3 Å². The molecule has 0 amide bonds. The van der Waals surface area contributed by atoms with E-state index >= 15 is 0 Å². The predicted molar refractivity (Wildman–Crippen MR) is 74.2 cm³/mol. The molecule has 3 N–H and O–H groups in total. The monoisotopic (exact) mass is 300 g/mol. The minimum absolute atomic E-state index is 0.331. The van der Waals surface area contributed by atoms with Gasteiger partial charge in [0.2, 0.25) is 10.0 Å². The number of H-pyrrole nitrogens is 1. The first-order valence-corrected chi connectivity index (χ1v) is 7.71. The number of aromatic nitrogens is 4. The first-order valence-electron chi connectivity index (χ1n) is 5.82. The fourth-order valence-corrected chi connectivity index (χ4v) is 2.83. The molecule has 0 saturated heterocycles. The highest BCUT2D eigenvalue weighted by Crippen LogP contribution is 2.08. The Bertz CT molecular complexity index is 776. The summed E-state index contributed by atoms with van der Waals surface area (Å²) >= 11 is 0. The summed E-state index contributed by atoms with van der Waals surface area (Å²) in [6, 6.07) is 1.59. The van der Waals surface area contributed by atoms with Crippen molar-refractivity contribution >= 4 is 21.5 Å². The maximum Gasteiger partial charge on any atom is 0.348 e. The van der Waals surface area contributed by atoms with Crippen molar-refractivity contribution in [2.24, 2.45) is 0 Å². The number of hydrogen-bond acceptors (Lipinski definition) is 6. The van der Waals surface area contributed by atoms with Gasteiger partial charge in [0.05, 0.1) is 6.26 Å². The maximum absolute atomic E-state index is 11.3. The Morgan fingerprint density at radius 3 is 2.80 bits per heavy atom. The number of rotatable bonds is 5. The van der Waals surface area contributed by atoms with Crippen molar-refractivity contribution in [3.63, 3.8) is 0 Å². The van der Waals surface area contributed by atoms with Gasteiger partial charge in [0.25, 0.3) is 0 Å². The van der Waals surface area contributed by atoms with E-state index < -0.39 is 15.6 Å². The second kappa shape index (κ2) is 4.87. The van der Waals surface area contributed by atoms with Crippen LogP contribution in [0.3, 0.4) is 0 Å². The molecule has 0 spiro atoms. The summed E-state index contributed by atoms with van der Waals surface area (Å²) in [6.07, 6.45) is 2.45. The van der Waals surface area contributed by atoms with Crippen LogP contribution in [0.15, 0.2) is 17.2 Å². The molecule has 0 aliphatic carbocycles. The van der Waals surface area contributed by atoms with E-state index in [-0.39, 0.29) is 5.69 Å². The highest BCUT2D eigenvalue weighted by Gasteiger charge is 2.22. The van der Waals surface area contributed by atoms with E-state index in [0.717, 1.165) is 6.26 Å². The molecule has 20 heavy (non-hydrogen) atoms. The first-order chi connectivity index (χ1) is 9.16. The standard InChI is InChI=1S/C10H16N6O3S/c1-10(2,15-20(3,18)19)5-11-7-4-8-13-14-9(17)16(8)6-12-7/h4,6,11,15H,5H2,1-3H3,(H,14,17). The second-order valence-electron chi connectivity index (χ2n) is 5.14. The molecule has 0 radical (unpaired) electrons. The maximum atomic E-state index is 11.3. The quantitative estimate of drug-likeness (QED) is 0.662. The van der Waals surface area contributed by atoms with Crippen LogP contribution in [-0.2, 0) is 10.0 Å². The van der Waals surface area contributed by atoms with Crippen LogP contribution in [0.5, 0.6) is 0 Å². The zero-order chi connectivity index (χ0) is 15.0. The van der Waals surface area contributed by atoms with Crippen molar-refractivity contribution in [2.45, 2.75) is 19.4 Å². The lowest BCUT2D eigenvalue weighted by molar-refractivity contribution is 0.476. The van der Waals surface area contributed by atoms with Gasteiger partial charge in [-0.1, -0.05) is 0 Å². The smallest absolute Gasteiger partial charge is 0.348 e. The van der Waals surface area contributed by atoms with E-state index in [4.69, 9.17) is 0 Å². The Morgan fingerprint density at radius 1 is 1.45 bits per heavy atom. The molecule has 2 aromatic heterocycles. The molecule has 0 fully saturated rings. The molecule has 0 aliphatic rings. The van der Waals surface area contributed by atoms with Crippen molar-refractivity contribution in [3.05, 3.63) is 22.9 Å². The molecule has 2 aromatic rings. The van der Waals surface area contributed by atoms with E-state index in [9.17, 15) is 13.2 Å². The van der Waals surface area contributed by atoms with Gasteiger partial charge in [0, 0.05) is 18.2 Å². The van der Waals surface area contributed by atoms with Gasteiger partial charge in [-0.05, 0) is 13.8 Å². The normalized spacial score (nSPS) is 12.8. The number of anilines is 1. The molecule has 9 nitrogen and oxygen atoms in total. The molecule has 0 unspecified atom stereocenters. The number of hydrogen-bond donors (Lipinski definition) is 3. The fourth-order valence-electron chi connectivity index (χ4n) is 1.76. The van der Waals surface area contributed by atoms with Gasteiger partial charge < -0.3 is 5.32 Å². The average molecular weight is 300 g/mol. The van der Waals surface area contributed by atoms with Crippen LogP contribution in [0.2, 0.25) is 0 Å². The summed E-state index contributed by atoms with van der Waals surface area (Å²) < 4.78 is 26.2. The number of aromatic amines is 1. The van der Waals surface area contributed by atoms with Gasteiger partial charge in [-0.25, -0.2) is 32.4 Å². The third-order valence-electron chi connectivity index (χ3n) is 2.48. The Morgan fingerprint density at radius 2 is 2.15 bits per heavy atom. The van der Waals surface area contributed by atoms with Crippen molar-refractivity contribution < 1.29 is 8.42 Å². The number of sulfonamides is 1. The first kappa shape index (κ1) is 14.5. The van der Waals surface area contributed by atoms with Crippen molar-refractivity contribution in [2.75, 3.05) is 18.1 Å². The minimum Gasteiger partial charge on any atom is -0.368 e. The fraction of sp³-hybridized carbons (Fsp3) is 0.500. The Balaban J connectivity index is 2.11. The van der Waals surface area contributed by atoms with Crippen molar-refractivity contribution in [3.8, 4) is 0 Å². The Kier molecular flexibility index (Phi) is 3.52. The van der Waals surface area contributed by atoms with Gasteiger partial charge in [-0.2, -0.15) is 5.10 Å². The van der Waals surface area contributed by atoms with Gasteiger partial charge in [-0.3, -0.25) is 0 Å². The third-order valence-corrected chi connectivity index (χ3v) is 3.41. The molecule has 0 aromatic carbocycles. The number of nitrogens with zero attached hydrogens (tertiary/aromatic N) is 3. The van der Waals surface area contributed by atoms with Gasteiger partial charge in [0.15, 0.2) is 5.65 Å². The average Bonchev–Trinajstić information content (AvgIpc) is 2.65. The third kappa shape index (κ3) is 3.54. The van der Waals surface area contributed by atoms with Crippen molar-refractivity contribution in [1.29, 1.82) is 0 Å². The van der Waals surface area contributed by atoms with Crippen LogP contribution >= 0.6 is 0 Å². The van der Waals surface area contributed by atoms with E-state index in [1.54, 1.807) is 19.9 Å². The Labute approximate surface area is 115 Å². The van der Waals surface area contributed by atoms with Crippen LogP contribution in [0, 0.1) is 0 Å². The van der Waals surface area contributed by atoms with Crippen LogP contribution in [0.4, 0.5) is 5.82 Å². The molecule has 2 heterocycles. The van der Waals surface area contributed by atoms with Crippen LogP contribution in [0.1, 0.15) is 13.8 Å². The molecular formula is C10H16N6O3S. The summed E-state index contributed by atoms with van der Waals surface area (Å²) in [6.45, 7) is 3.83. The molecule has 110 valence electrons. The molecule has 0 saturated carbocycles. The molecule has 2 rings (SSSR count). The summed E-state index contributed by atoms with van der Waals surface area (Å²) in [4.78, 5) is 15.3. The van der Waals surface area contributed by atoms with Crippen molar-refractivity contribution in [1.82, 2.24) is 24.3 Å². The van der Waals surface area contributed by atoms with E-state index in [1.165, 1.54) is 10.7 Å². The van der Waals surface area contributed by atoms with E-state index in [0.29, 0.717) is 18.0 Å². The molecular weight excluding hydrogens is 284 g/mol. The van der Waals surface area contributed by atoms with E-state index in [2.05, 4.69) is 25.2 Å². The van der Waals surface area contributed by atoms with Gasteiger partial charge >= 0.3 is 5.69 Å². The lowest BCUT2D eigenvalue weighted by Crippen LogP contribution is -2.47. The number of nitrogens with one attached hydrogen (secondary N) is 3. The zero-order valence-electron chi connectivity index (χ0n) is 11.3. The topological polar surface area (TPSA) is 121 Å². The zero-order valence-corrected chi connectivity index (χ0v) is 12.2. The predicted octanol–water partition coefficient (Wildman–Crippen LogP) is -0.843. The molecule has 0 atom stereocenters. The summed E-state index contributed by atoms with van der Waals surface area (Å²) in [5.74, 6) is 0.500. The lowest BCUT2D eigenvalue weighted by atomic mass is 10.1. The lowest BCUT2D eigenvalue weighted by Gasteiger charge is -2.25. The van der Waals surface area contributed by atoms with Gasteiger partial charge in [0.1, 0.15) is 12.1 Å². The Hall–Kier alpha value is -1.94. The van der Waals surface area contributed by atoms with E-state index in [1.807, 2.05) is 0 Å². The summed E-state index contributed by atoms with van der Waals surface area (Å²) in [7, 11) is -3.29. The SMILES string of the molecule is CC(C)(CNc1cc2n[nH]c(=O)n2cn1)NS(C)(=O)=O. The highest BCUT2D eigenvalue weighted by molar-refractivity contribution is 7.88. The summed E-state index contributed by atoms with van der Waals surface area (Å²) in [5, 5.41) is 9.12.